The van der Waals surface area contributed by atoms with Gasteiger partial charge in [-0.15, -0.1) is 0 Å². The topological polar surface area (TPSA) is 12.0 Å². The SMILES string of the molecule is Cc1cc(C)c(C)c(-c2cccc(CNC(C)C)c2)c1C. The third-order valence-electron chi connectivity index (χ3n) is 4.30. The molecule has 0 spiro atoms. The molecule has 0 saturated carbocycles. The van der Waals surface area contributed by atoms with Gasteiger partial charge in [-0.1, -0.05) is 38.1 Å². The molecule has 0 fully saturated rings. The monoisotopic (exact) mass is 281 g/mol. The Labute approximate surface area is 129 Å². The van der Waals surface area contributed by atoms with Crippen molar-refractivity contribution in [3.05, 3.63) is 58.1 Å². The molecule has 1 heteroatoms. The predicted octanol–water partition coefficient (Wildman–Crippen LogP) is 5.09. The van der Waals surface area contributed by atoms with Crippen LogP contribution in [0.3, 0.4) is 0 Å². The van der Waals surface area contributed by atoms with Gasteiger partial charge in [0.2, 0.25) is 0 Å². The molecule has 2 rings (SSSR count). The van der Waals surface area contributed by atoms with E-state index < -0.39 is 0 Å². The predicted molar refractivity (Wildman–Crippen MR) is 92.8 cm³/mol. The van der Waals surface area contributed by atoms with Crippen LogP contribution in [0, 0.1) is 27.7 Å². The van der Waals surface area contributed by atoms with Crippen LogP contribution in [0.2, 0.25) is 0 Å². The summed E-state index contributed by atoms with van der Waals surface area (Å²) in [4.78, 5) is 0. The van der Waals surface area contributed by atoms with Crippen molar-refractivity contribution in [2.45, 2.75) is 54.1 Å². The maximum Gasteiger partial charge on any atom is 0.0208 e. The molecule has 0 bridgehead atoms. The first-order valence-corrected chi connectivity index (χ1v) is 7.80. The van der Waals surface area contributed by atoms with Gasteiger partial charge in [-0.25, -0.2) is 0 Å². The van der Waals surface area contributed by atoms with Gasteiger partial charge in [-0.3, -0.25) is 0 Å². The van der Waals surface area contributed by atoms with Crippen LogP contribution >= 0.6 is 0 Å². The molecule has 1 nitrogen and oxygen atoms in total. The van der Waals surface area contributed by atoms with Gasteiger partial charge in [0, 0.05) is 12.6 Å². The lowest BCUT2D eigenvalue weighted by molar-refractivity contribution is 0.589. The van der Waals surface area contributed by atoms with Crippen molar-refractivity contribution in [3.8, 4) is 11.1 Å². The van der Waals surface area contributed by atoms with Crippen molar-refractivity contribution >= 4 is 0 Å². The van der Waals surface area contributed by atoms with Crippen LogP contribution in [0.1, 0.15) is 41.7 Å². The normalized spacial score (nSPS) is 11.2. The average molecular weight is 281 g/mol. The van der Waals surface area contributed by atoms with Gasteiger partial charge in [-0.05, 0) is 72.7 Å². The molecule has 0 aliphatic heterocycles. The molecule has 0 aliphatic carbocycles. The molecule has 0 aromatic heterocycles. The van der Waals surface area contributed by atoms with E-state index in [0.717, 1.165) is 6.54 Å². The molecule has 0 unspecified atom stereocenters. The standard InChI is InChI=1S/C20H27N/c1-13(2)21-12-18-8-7-9-19(11-18)20-16(5)14(3)10-15(4)17(20)6/h7-11,13,21H,12H2,1-6H3. The summed E-state index contributed by atoms with van der Waals surface area (Å²) in [6.07, 6.45) is 0. The lowest BCUT2D eigenvalue weighted by atomic mass is 9.89. The first kappa shape index (κ1) is 15.8. The fourth-order valence-corrected chi connectivity index (χ4v) is 2.81. The summed E-state index contributed by atoms with van der Waals surface area (Å²) in [5, 5.41) is 3.49. The Balaban J connectivity index is 2.45. The quantitative estimate of drug-likeness (QED) is 0.823. The highest BCUT2D eigenvalue weighted by molar-refractivity contribution is 5.73. The molecule has 1 N–H and O–H groups in total. The number of aryl methyl sites for hydroxylation is 2. The Bertz CT molecular complexity index is 612. The molecule has 0 saturated heterocycles. The minimum absolute atomic E-state index is 0.512. The van der Waals surface area contributed by atoms with Crippen LogP contribution in [0.4, 0.5) is 0 Å². The zero-order chi connectivity index (χ0) is 15.6. The molecule has 0 aliphatic rings. The zero-order valence-corrected chi connectivity index (χ0v) is 14.2. The Kier molecular flexibility index (Phi) is 4.84. The van der Waals surface area contributed by atoms with Gasteiger partial charge in [0.1, 0.15) is 0 Å². The molecule has 2 aromatic carbocycles. The van der Waals surface area contributed by atoms with E-state index in [1.165, 1.54) is 38.9 Å². The first-order chi connectivity index (χ1) is 9.90. The lowest BCUT2D eigenvalue weighted by Crippen LogP contribution is -2.21. The molecule has 21 heavy (non-hydrogen) atoms. The Morgan fingerprint density at radius 3 is 2.10 bits per heavy atom. The minimum atomic E-state index is 0.512. The molecule has 0 heterocycles. The number of nitrogens with one attached hydrogen (secondary N) is 1. The van der Waals surface area contributed by atoms with Gasteiger partial charge in [0.15, 0.2) is 0 Å². The van der Waals surface area contributed by atoms with Crippen LogP contribution in [0.15, 0.2) is 30.3 Å². The van der Waals surface area contributed by atoms with Crippen molar-refractivity contribution in [2.75, 3.05) is 0 Å². The summed E-state index contributed by atoms with van der Waals surface area (Å²) >= 11 is 0. The van der Waals surface area contributed by atoms with Crippen LogP contribution < -0.4 is 5.32 Å². The third-order valence-corrected chi connectivity index (χ3v) is 4.30. The van der Waals surface area contributed by atoms with Gasteiger partial charge in [0.25, 0.3) is 0 Å². The number of hydrogen-bond acceptors (Lipinski definition) is 1. The van der Waals surface area contributed by atoms with Crippen molar-refractivity contribution in [3.63, 3.8) is 0 Å². The second-order valence-electron chi connectivity index (χ2n) is 6.37. The molecule has 0 atom stereocenters. The smallest absolute Gasteiger partial charge is 0.0208 e. The van der Waals surface area contributed by atoms with Crippen LogP contribution in [0.25, 0.3) is 11.1 Å². The molecular formula is C20H27N. The summed E-state index contributed by atoms with van der Waals surface area (Å²) in [6.45, 7) is 14.2. The maximum atomic E-state index is 3.49. The molecule has 2 aromatic rings. The Morgan fingerprint density at radius 1 is 0.905 bits per heavy atom. The number of benzene rings is 2. The van der Waals surface area contributed by atoms with E-state index in [1.54, 1.807) is 0 Å². The molecular weight excluding hydrogens is 254 g/mol. The van der Waals surface area contributed by atoms with Crippen LogP contribution in [0.5, 0.6) is 0 Å². The fraction of sp³-hybridized carbons (Fsp3) is 0.400. The number of hydrogen-bond donors (Lipinski definition) is 1. The van der Waals surface area contributed by atoms with Crippen molar-refractivity contribution in [2.24, 2.45) is 0 Å². The third kappa shape index (κ3) is 3.54. The van der Waals surface area contributed by atoms with Crippen molar-refractivity contribution in [1.82, 2.24) is 5.32 Å². The molecule has 112 valence electrons. The van der Waals surface area contributed by atoms with Gasteiger partial charge in [0.05, 0.1) is 0 Å². The van der Waals surface area contributed by atoms with Crippen LogP contribution in [-0.2, 0) is 6.54 Å². The molecule has 0 amide bonds. The average Bonchev–Trinajstić information content (AvgIpc) is 2.44. The second-order valence-corrected chi connectivity index (χ2v) is 6.37. The largest absolute Gasteiger partial charge is 0.310 e. The molecule has 0 radical (unpaired) electrons. The van der Waals surface area contributed by atoms with Crippen LogP contribution in [-0.4, -0.2) is 6.04 Å². The Hall–Kier alpha value is -1.60. The van der Waals surface area contributed by atoms with E-state index in [1.807, 2.05) is 0 Å². The summed E-state index contributed by atoms with van der Waals surface area (Å²) < 4.78 is 0. The van der Waals surface area contributed by atoms with E-state index in [2.05, 4.69) is 77.2 Å². The van der Waals surface area contributed by atoms with E-state index in [-0.39, 0.29) is 0 Å². The van der Waals surface area contributed by atoms with Crippen molar-refractivity contribution in [1.29, 1.82) is 0 Å². The van der Waals surface area contributed by atoms with E-state index in [9.17, 15) is 0 Å². The summed E-state index contributed by atoms with van der Waals surface area (Å²) in [5.74, 6) is 0. The van der Waals surface area contributed by atoms with E-state index >= 15 is 0 Å². The number of rotatable bonds is 4. The summed E-state index contributed by atoms with van der Waals surface area (Å²) in [6, 6.07) is 11.7. The summed E-state index contributed by atoms with van der Waals surface area (Å²) in [5.41, 5.74) is 9.62. The van der Waals surface area contributed by atoms with Gasteiger partial charge < -0.3 is 5.32 Å². The Morgan fingerprint density at radius 2 is 1.52 bits per heavy atom. The minimum Gasteiger partial charge on any atom is -0.310 e. The van der Waals surface area contributed by atoms with Gasteiger partial charge >= 0.3 is 0 Å². The van der Waals surface area contributed by atoms with Crippen molar-refractivity contribution < 1.29 is 0 Å². The highest BCUT2D eigenvalue weighted by Gasteiger charge is 2.11. The lowest BCUT2D eigenvalue weighted by Gasteiger charge is -2.17. The first-order valence-electron chi connectivity index (χ1n) is 7.80. The highest BCUT2D eigenvalue weighted by atomic mass is 14.9. The zero-order valence-electron chi connectivity index (χ0n) is 14.2. The van der Waals surface area contributed by atoms with E-state index in [4.69, 9.17) is 0 Å². The fourth-order valence-electron chi connectivity index (χ4n) is 2.81. The maximum absolute atomic E-state index is 3.49. The van der Waals surface area contributed by atoms with Gasteiger partial charge in [-0.2, -0.15) is 0 Å². The highest BCUT2D eigenvalue weighted by Crippen LogP contribution is 2.31. The van der Waals surface area contributed by atoms with E-state index in [0.29, 0.717) is 6.04 Å². The summed E-state index contributed by atoms with van der Waals surface area (Å²) in [7, 11) is 0. The second kappa shape index (κ2) is 6.44.